The van der Waals surface area contributed by atoms with Gasteiger partial charge in [0.1, 0.15) is 0 Å². The van der Waals surface area contributed by atoms with E-state index in [1.807, 2.05) is 0 Å². The van der Waals surface area contributed by atoms with Crippen LogP contribution in [0.5, 0.6) is 0 Å². The average molecular weight is 167 g/mol. The van der Waals surface area contributed by atoms with Gasteiger partial charge in [-0.05, 0) is 18.9 Å². The lowest BCUT2D eigenvalue weighted by Gasteiger charge is -2.14. The molecule has 1 atom stereocenters. The van der Waals surface area contributed by atoms with Gasteiger partial charge in [-0.15, -0.1) is 6.58 Å². The fraction of sp³-hybridized carbons (Fsp3) is 0.714. The van der Waals surface area contributed by atoms with Crippen molar-refractivity contribution in [3.8, 4) is 0 Å². The molecule has 66 valence electrons. The second kappa shape index (κ2) is 4.38. The molecule has 0 aromatic rings. The third-order valence-electron chi connectivity index (χ3n) is 1.35. The number of hydrogen-bond donors (Lipinski definition) is 1. The summed E-state index contributed by atoms with van der Waals surface area (Å²) in [5.74, 6) is -0.507. The fourth-order valence-electron chi connectivity index (χ4n) is 0.826. The van der Waals surface area contributed by atoms with Crippen LogP contribution in [0.1, 0.15) is 12.8 Å². The molecule has 0 saturated heterocycles. The van der Waals surface area contributed by atoms with Gasteiger partial charge in [-0.1, -0.05) is 6.08 Å². The Hall–Kier alpha value is -0.510. The lowest BCUT2D eigenvalue weighted by atomic mass is 10.0. The summed E-state index contributed by atoms with van der Waals surface area (Å²) in [4.78, 5) is 0. The molecule has 0 aliphatic heterocycles. The minimum Gasteiger partial charge on any atom is -0.330 e. The monoisotopic (exact) mass is 167 g/mol. The van der Waals surface area contributed by atoms with Gasteiger partial charge >= 0.3 is 6.18 Å². The van der Waals surface area contributed by atoms with Crippen LogP contribution in [0.3, 0.4) is 0 Å². The van der Waals surface area contributed by atoms with Crippen molar-refractivity contribution >= 4 is 0 Å². The largest absolute Gasteiger partial charge is 0.389 e. The van der Waals surface area contributed by atoms with Crippen LogP contribution in [0.2, 0.25) is 0 Å². The minimum atomic E-state index is -4.10. The van der Waals surface area contributed by atoms with Gasteiger partial charge in [0.2, 0.25) is 0 Å². The van der Waals surface area contributed by atoms with E-state index in [1.54, 1.807) is 0 Å². The first-order chi connectivity index (χ1) is 4.99. The molecule has 1 nitrogen and oxygen atoms in total. The van der Waals surface area contributed by atoms with Gasteiger partial charge in [0.15, 0.2) is 0 Å². The summed E-state index contributed by atoms with van der Waals surface area (Å²) in [7, 11) is 0. The van der Waals surface area contributed by atoms with Gasteiger partial charge in [0.05, 0.1) is 0 Å². The van der Waals surface area contributed by atoms with Crippen molar-refractivity contribution in [3.63, 3.8) is 0 Å². The van der Waals surface area contributed by atoms with Crippen LogP contribution in [0.15, 0.2) is 12.7 Å². The predicted octanol–water partition coefficient (Wildman–Crippen LogP) is 2.09. The zero-order valence-electron chi connectivity index (χ0n) is 6.19. The predicted molar refractivity (Wildman–Crippen MR) is 38.0 cm³/mol. The van der Waals surface area contributed by atoms with Crippen molar-refractivity contribution in [2.75, 3.05) is 6.54 Å². The molecule has 0 radical (unpaired) electrons. The molecular weight excluding hydrogens is 155 g/mol. The molecule has 0 spiro atoms. The lowest BCUT2D eigenvalue weighted by Crippen LogP contribution is -2.21. The highest BCUT2D eigenvalue weighted by Crippen LogP contribution is 2.25. The maximum absolute atomic E-state index is 11.7. The summed E-state index contributed by atoms with van der Waals surface area (Å²) in [6.45, 7) is 3.42. The van der Waals surface area contributed by atoms with Crippen molar-refractivity contribution in [1.29, 1.82) is 0 Å². The van der Waals surface area contributed by atoms with E-state index in [9.17, 15) is 13.2 Å². The highest BCUT2D eigenvalue weighted by atomic mass is 19.4. The highest BCUT2D eigenvalue weighted by molar-refractivity contribution is 4.75. The Balaban J connectivity index is 3.77. The van der Waals surface area contributed by atoms with Crippen molar-refractivity contribution in [1.82, 2.24) is 0 Å². The average Bonchev–Trinajstić information content (AvgIpc) is 1.84. The smallest absolute Gasteiger partial charge is 0.330 e. The molecule has 1 unspecified atom stereocenters. The van der Waals surface area contributed by atoms with Crippen LogP contribution in [0.25, 0.3) is 0 Å². The first-order valence-corrected chi connectivity index (χ1v) is 3.37. The maximum atomic E-state index is 11.7. The summed E-state index contributed by atoms with van der Waals surface area (Å²) in [6.07, 6.45) is -3.12. The standard InChI is InChI=1S/C7H12F3N/c1-2-3-6(5-11)4-7(8,9)10/h2,6H,1,3-5,11H2. The molecule has 0 fully saturated rings. The Morgan fingerprint density at radius 1 is 1.45 bits per heavy atom. The van der Waals surface area contributed by atoms with E-state index in [-0.39, 0.29) is 6.54 Å². The number of rotatable bonds is 4. The number of allylic oxidation sites excluding steroid dienone is 1. The molecule has 0 aromatic heterocycles. The SMILES string of the molecule is C=CCC(CN)CC(F)(F)F. The van der Waals surface area contributed by atoms with Gasteiger partial charge in [-0.2, -0.15) is 13.2 Å². The highest BCUT2D eigenvalue weighted by Gasteiger charge is 2.30. The Bertz CT molecular complexity index is 119. The number of nitrogens with two attached hydrogens (primary N) is 1. The van der Waals surface area contributed by atoms with Crippen molar-refractivity contribution < 1.29 is 13.2 Å². The van der Waals surface area contributed by atoms with Crippen LogP contribution >= 0.6 is 0 Å². The van der Waals surface area contributed by atoms with Crippen LogP contribution in [-0.2, 0) is 0 Å². The van der Waals surface area contributed by atoms with E-state index in [1.165, 1.54) is 6.08 Å². The molecule has 0 aliphatic carbocycles. The zero-order chi connectivity index (χ0) is 8.91. The third-order valence-corrected chi connectivity index (χ3v) is 1.35. The lowest BCUT2D eigenvalue weighted by molar-refractivity contribution is -0.143. The normalized spacial score (nSPS) is 14.5. The molecule has 0 bridgehead atoms. The molecule has 0 amide bonds. The number of hydrogen-bond acceptors (Lipinski definition) is 1. The Kier molecular flexibility index (Phi) is 4.18. The topological polar surface area (TPSA) is 26.0 Å². The van der Waals surface area contributed by atoms with Gasteiger partial charge in [-0.25, -0.2) is 0 Å². The van der Waals surface area contributed by atoms with E-state index in [0.29, 0.717) is 6.42 Å². The molecule has 0 heterocycles. The number of alkyl halides is 3. The van der Waals surface area contributed by atoms with Gasteiger partial charge in [-0.3, -0.25) is 0 Å². The summed E-state index contributed by atoms with van der Waals surface area (Å²) in [5.41, 5.74) is 5.12. The quantitative estimate of drug-likeness (QED) is 0.637. The molecule has 0 saturated carbocycles. The summed E-state index contributed by atoms with van der Waals surface area (Å²) >= 11 is 0. The fourth-order valence-corrected chi connectivity index (χ4v) is 0.826. The van der Waals surface area contributed by atoms with E-state index in [4.69, 9.17) is 5.73 Å². The summed E-state index contributed by atoms with van der Waals surface area (Å²) in [5, 5.41) is 0. The second-order valence-corrected chi connectivity index (χ2v) is 2.45. The first-order valence-electron chi connectivity index (χ1n) is 3.37. The molecule has 0 rings (SSSR count). The zero-order valence-corrected chi connectivity index (χ0v) is 6.19. The maximum Gasteiger partial charge on any atom is 0.389 e. The third kappa shape index (κ3) is 5.91. The minimum absolute atomic E-state index is 0.0610. The molecule has 11 heavy (non-hydrogen) atoms. The molecule has 2 N–H and O–H groups in total. The second-order valence-electron chi connectivity index (χ2n) is 2.45. The van der Waals surface area contributed by atoms with Crippen molar-refractivity contribution in [2.24, 2.45) is 11.7 Å². The molecule has 0 aromatic carbocycles. The Morgan fingerprint density at radius 2 is 2.00 bits per heavy atom. The van der Waals surface area contributed by atoms with Crippen LogP contribution in [0.4, 0.5) is 13.2 Å². The molecular formula is C7H12F3N. The summed E-state index contributed by atoms with van der Waals surface area (Å²) in [6, 6.07) is 0. The van der Waals surface area contributed by atoms with Crippen LogP contribution in [0, 0.1) is 5.92 Å². The molecule has 0 aliphatic rings. The van der Waals surface area contributed by atoms with Crippen molar-refractivity contribution in [3.05, 3.63) is 12.7 Å². The molecule has 4 heteroatoms. The van der Waals surface area contributed by atoms with Crippen LogP contribution in [-0.4, -0.2) is 12.7 Å². The summed E-state index contributed by atoms with van der Waals surface area (Å²) < 4.78 is 35.2. The van der Waals surface area contributed by atoms with Gasteiger partial charge in [0, 0.05) is 6.42 Å². The van der Waals surface area contributed by atoms with Crippen LogP contribution < -0.4 is 5.73 Å². The first kappa shape index (κ1) is 10.5. The van der Waals surface area contributed by atoms with E-state index < -0.39 is 18.5 Å². The van der Waals surface area contributed by atoms with Gasteiger partial charge < -0.3 is 5.73 Å². The van der Waals surface area contributed by atoms with E-state index in [2.05, 4.69) is 6.58 Å². The van der Waals surface area contributed by atoms with Gasteiger partial charge in [0.25, 0.3) is 0 Å². The Labute approximate surface area is 64.1 Å². The van der Waals surface area contributed by atoms with Crippen molar-refractivity contribution in [2.45, 2.75) is 19.0 Å². The number of halogens is 3. The van der Waals surface area contributed by atoms with E-state index >= 15 is 0 Å². The van der Waals surface area contributed by atoms with E-state index in [0.717, 1.165) is 0 Å². The Morgan fingerprint density at radius 3 is 2.27 bits per heavy atom.